The van der Waals surface area contributed by atoms with E-state index in [1.807, 2.05) is 20.8 Å². The number of hydrogen-bond acceptors (Lipinski definition) is 7. The van der Waals surface area contributed by atoms with Crippen LogP contribution in [0.3, 0.4) is 0 Å². The highest BCUT2D eigenvalue weighted by molar-refractivity contribution is 6.00. The first-order valence-corrected chi connectivity index (χ1v) is 13.1. The van der Waals surface area contributed by atoms with Gasteiger partial charge in [0.15, 0.2) is 34.6 Å². The topological polar surface area (TPSA) is 114 Å². The molecule has 0 saturated heterocycles. The van der Waals surface area contributed by atoms with Gasteiger partial charge in [0.2, 0.25) is 0 Å². The van der Waals surface area contributed by atoms with Gasteiger partial charge in [-0.2, -0.15) is 0 Å². The Morgan fingerprint density at radius 2 is 1.56 bits per heavy atom. The highest BCUT2D eigenvalue weighted by Gasteiger charge is 2.28. The number of ketones is 1. The molecule has 0 aliphatic carbocycles. The summed E-state index contributed by atoms with van der Waals surface area (Å²) in [6.45, 7) is 14.1. The maximum absolute atomic E-state index is 15.5. The normalized spacial score (nSPS) is 11.4. The van der Waals surface area contributed by atoms with Crippen molar-refractivity contribution < 1.29 is 32.9 Å². The minimum atomic E-state index is -0.637. The lowest BCUT2D eigenvalue weighted by Gasteiger charge is -2.25. The van der Waals surface area contributed by atoms with Crippen molar-refractivity contribution in [1.29, 1.82) is 0 Å². The van der Waals surface area contributed by atoms with E-state index in [2.05, 4.69) is 5.32 Å². The van der Waals surface area contributed by atoms with Gasteiger partial charge in [0.1, 0.15) is 5.82 Å². The van der Waals surface area contributed by atoms with E-state index < -0.39 is 17.3 Å². The second kappa shape index (κ2) is 12.3. The first kappa shape index (κ1) is 29.6. The van der Waals surface area contributed by atoms with Crippen LogP contribution in [0.25, 0.3) is 10.8 Å². The third-order valence-corrected chi connectivity index (χ3v) is 5.98. The van der Waals surface area contributed by atoms with Gasteiger partial charge in [-0.3, -0.25) is 4.79 Å². The van der Waals surface area contributed by atoms with Crippen molar-refractivity contribution in [2.24, 2.45) is 0 Å². The van der Waals surface area contributed by atoms with Gasteiger partial charge < -0.3 is 34.6 Å². The molecule has 0 spiro atoms. The molecule has 1 aromatic heterocycles. The number of amides is 1. The molecule has 0 aliphatic heterocycles. The first-order chi connectivity index (χ1) is 18.5. The SMILES string of the molecule is CCNC(=O)Oc1c(OCC)cc(C(=O)Cn2cc3cc(OCC)c(OCC)c(F)c3c2N)cc1C(C)(C)C. The molecule has 0 aliphatic rings. The maximum atomic E-state index is 15.5. The average molecular weight is 544 g/mol. The molecular formula is C29H38FN3O6. The van der Waals surface area contributed by atoms with Gasteiger partial charge in [0.25, 0.3) is 0 Å². The number of nitrogen functional groups attached to an aromatic ring is 1. The van der Waals surface area contributed by atoms with Crippen molar-refractivity contribution in [3.63, 3.8) is 0 Å². The summed E-state index contributed by atoms with van der Waals surface area (Å²) in [5.41, 5.74) is 6.81. The molecule has 0 fully saturated rings. The third-order valence-electron chi connectivity index (χ3n) is 5.98. The van der Waals surface area contributed by atoms with Crippen LogP contribution in [0, 0.1) is 5.82 Å². The van der Waals surface area contributed by atoms with Gasteiger partial charge in [-0.1, -0.05) is 20.8 Å². The van der Waals surface area contributed by atoms with Crippen LogP contribution in [0.5, 0.6) is 23.0 Å². The lowest BCUT2D eigenvalue weighted by Crippen LogP contribution is -2.28. The van der Waals surface area contributed by atoms with Gasteiger partial charge >= 0.3 is 6.09 Å². The second-order valence-electron chi connectivity index (χ2n) is 9.87. The number of nitrogens with one attached hydrogen (secondary N) is 1. The zero-order valence-corrected chi connectivity index (χ0v) is 23.7. The number of anilines is 1. The Kier molecular flexibility index (Phi) is 9.32. The van der Waals surface area contributed by atoms with Gasteiger partial charge in [-0.25, -0.2) is 9.18 Å². The number of carbonyl (C=O) groups excluding carboxylic acids is 2. The van der Waals surface area contributed by atoms with E-state index in [-0.39, 0.29) is 53.1 Å². The number of ether oxygens (including phenoxy) is 4. The second-order valence-corrected chi connectivity index (χ2v) is 9.87. The van der Waals surface area contributed by atoms with Crippen molar-refractivity contribution in [2.45, 2.75) is 60.4 Å². The Hall–Kier alpha value is -3.95. The van der Waals surface area contributed by atoms with Crippen molar-refractivity contribution in [2.75, 3.05) is 32.1 Å². The van der Waals surface area contributed by atoms with E-state index in [1.54, 1.807) is 52.1 Å². The molecule has 10 heteroatoms. The van der Waals surface area contributed by atoms with Gasteiger partial charge in [-0.05, 0) is 51.3 Å². The zero-order valence-electron chi connectivity index (χ0n) is 23.7. The van der Waals surface area contributed by atoms with Crippen LogP contribution in [0.4, 0.5) is 15.0 Å². The molecular weight excluding hydrogens is 505 g/mol. The summed E-state index contributed by atoms with van der Waals surface area (Å²) in [6.07, 6.45) is 1.000. The largest absolute Gasteiger partial charge is 0.490 e. The highest BCUT2D eigenvalue weighted by atomic mass is 19.1. The number of halogens is 1. The molecule has 0 radical (unpaired) electrons. The van der Waals surface area contributed by atoms with Crippen LogP contribution < -0.4 is 30.0 Å². The van der Waals surface area contributed by atoms with Crippen LogP contribution in [0.2, 0.25) is 0 Å². The predicted octanol–water partition coefficient (Wildman–Crippen LogP) is 5.85. The number of benzene rings is 2. The van der Waals surface area contributed by atoms with Crippen LogP contribution in [0.15, 0.2) is 24.4 Å². The molecule has 1 amide bonds. The molecule has 39 heavy (non-hydrogen) atoms. The Bertz CT molecular complexity index is 1360. The van der Waals surface area contributed by atoms with E-state index in [4.69, 9.17) is 24.7 Å². The fraction of sp³-hybridized carbons (Fsp3) is 0.448. The number of nitrogens with two attached hydrogens (primary N) is 1. The van der Waals surface area contributed by atoms with Crippen LogP contribution in [0.1, 0.15) is 64.4 Å². The molecule has 0 atom stereocenters. The van der Waals surface area contributed by atoms with Crippen molar-refractivity contribution in [3.8, 4) is 23.0 Å². The number of rotatable bonds is 11. The number of aromatic nitrogens is 1. The Morgan fingerprint density at radius 1 is 0.949 bits per heavy atom. The van der Waals surface area contributed by atoms with Crippen LogP contribution >= 0.6 is 0 Å². The summed E-state index contributed by atoms with van der Waals surface area (Å²) in [5.74, 6) is -0.0354. The van der Waals surface area contributed by atoms with E-state index >= 15 is 4.39 Å². The van der Waals surface area contributed by atoms with Gasteiger partial charge in [0.05, 0.1) is 31.8 Å². The summed E-state index contributed by atoms with van der Waals surface area (Å²) in [7, 11) is 0. The molecule has 2 aromatic carbocycles. The Labute approximate surface area is 228 Å². The summed E-state index contributed by atoms with van der Waals surface area (Å²) >= 11 is 0. The minimum absolute atomic E-state index is 0.0125. The molecule has 3 N–H and O–H groups in total. The lowest BCUT2D eigenvalue weighted by molar-refractivity contribution is 0.0972. The Morgan fingerprint density at radius 3 is 2.13 bits per heavy atom. The van der Waals surface area contributed by atoms with Crippen molar-refractivity contribution in [3.05, 3.63) is 41.3 Å². The summed E-state index contributed by atoms with van der Waals surface area (Å²) < 4.78 is 39.4. The maximum Gasteiger partial charge on any atom is 0.412 e. The van der Waals surface area contributed by atoms with Gasteiger partial charge in [-0.15, -0.1) is 0 Å². The van der Waals surface area contributed by atoms with E-state index in [0.29, 0.717) is 36.3 Å². The number of fused-ring (bicyclic) bond motifs is 1. The number of Topliss-reactive ketones (excluding diaryl/α,β-unsaturated/α-hetero) is 1. The quantitative estimate of drug-likeness (QED) is 0.292. The number of hydrogen-bond donors (Lipinski definition) is 2. The third kappa shape index (κ3) is 6.38. The molecule has 0 bridgehead atoms. The summed E-state index contributed by atoms with van der Waals surface area (Å²) in [5, 5.41) is 3.25. The monoisotopic (exact) mass is 543 g/mol. The predicted molar refractivity (Wildman–Crippen MR) is 149 cm³/mol. The number of nitrogens with zero attached hydrogens (tertiary/aromatic N) is 1. The molecule has 9 nitrogen and oxygen atoms in total. The van der Waals surface area contributed by atoms with Gasteiger partial charge in [0, 0.05) is 29.3 Å². The molecule has 212 valence electrons. The molecule has 1 heterocycles. The molecule has 3 rings (SSSR count). The fourth-order valence-corrected chi connectivity index (χ4v) is 4.25. The molecule has 0 saturated carbocycles. The van der Waals surface area contributed by atoms with Crippen LogP contribution in [-0.4, -0.2) is 42.8 Å². The molecule has 0 unspecified atom stereocenters. The minimum Gasteiger partial charge on any atom is -0.490 e. The summed E-state index contributed by atoms with van der Waals surface area (Å²) in [4.78, 5) is 25.8. The fourth-order valence-electron chi connectivity index (χ4n) is 4.25. The Balaban J connectivity index is 2.07. The van der Waals surface area contributed by atoms with Crippen molar-refractivity contribution >= 4 is 28.5 Å². The smallest absolute Gasteiger partial charge is 0.412 e. The average Bonchev–Trinajstić information content (AvgIpc) is 3.16. The standard InChI is InChI=1S/C29H38FN3O6/c1-8-32-28(35)39-25-19(29(5,6)7)12-17(13-21(25)36-9-2)20(34)16-33-15-18-14-22(37-10-3)26(38-11-4)24(30)23(18)27(33)31/h12-15H,8-11,16,31H2,1-7H3,(H,32,35). The van der Waals surface area contributed by atoms with E-state index in [0.717, 1.165) is 0 Å². The zero-order chi connectivity index (χ0) is 28.9. The van der Waals surface area contributed by atoms with E-state index in [1.165, 1.54) is 4.57 Å². The van der Waals surface area contributed by atoms with E-state index in [9.17, 15) is 9.59 Å². The lowest BCUT2D eigenvalue weighted by atomic mass is 9.84. The highest BCUT2D eigenvalue weighted by Crippen LogP contribution is 2.42. The first-order valence-electron chi connectivity index (χ1n) is 13.1. The van der Waals surface area contributed by atoms with Crippen molar-refractivity contribution in [1.82, 2.24) is 9.88 Å². The van der Waals surface area contributed by atoms with Crippen LogP contribution in [-0.2, 0) is 12.0 Å². The summed E-state index contributed by atoms with van der Waals surface area (Å²) in [6, 6.07) is 4.90. The molecule has 3 aromatic rings. The number of carbonyl (C=O) groups is 2.